The van der Waals surface area contributed by atoms with E-state index in [-0.39, 0.29) is 12.5 Å². The Bertz CT molecular complexity index is 528. The van der Waals surface area contributed by atoms with Gasteiger partial charge in [0, 0.05) is 19.7 Å². The highest BCUT2D eigenvalue weighted by atomic mass is 16.5. The molecule has 1 aliphatic heterocycles. The number of hydrogen-bond donors (Lipinski definition) is 1. The zero-order valence-corrected chi connectivity index (χ0v) is 15.4. The third kappa shape index (κ3) is 4.50. The smallest absolute Gasteiger partial charge is 0.232 e. The van der Waals surface area contributed by atoms with Crippen molar-refractivity contribution >= 4 is 5.91 Å². The largest absolute Gasteiger partial charge is 0.493 e. The first-order valence-corrected chi connectivity index (χ1v) is 8.98. The molecule has 1 saturated heterocycles. The lowest BCUT2D eigenvalue weighted by Gasteiger charge is -2.36. The molecule has 0 aromatic heterocycles. The van der Waals surface area contributed by atoms with E-state index in [1.165, 1.54) is 0 Å². The highest BCUT2D eigenvalue weighted by molar-refractivity contribution is 5.87. The number of carbonyl (C=O) groups excluding carboxylic acids is 1. The zero-order chi connectivity index (χ0) is 17.7. The van der Waals surface area contributed by atoms with E-state index in [4.69, 9.17) is 4.74 Å². The van der Waals surface area contributed by atoms with E-state index in [0.29, 0.717) is 18.4 Å². The molecule has 0 saturated carbocycles. The number of likely N-dealkylation sites (tertiary alicyclic amines) is 1. The first kappa shape index (κ1) is 18.8. The predicted octanol–water partition coefficient (Wildman–Crippen LogP) is 3.23. The van der Waals surface area contributed by atoms with E-state index >= 15 is 0 Å². The normalized spacial score (nSPS) is 16.5. The third-order valence-corrected chi connectivity index (χ3v) is 4.85. The van der Waals surface area contributed by atoms with Gasteiger partial charge in [-0.3, -0.25) is 4.79 Å². The van der Waals surface area contributed by atoms with Crippen molar-refractivity contribution in [1.29, 1.82) is 0 Å². The molecule has 0 radical (unpaired) electrons. The Morgan fingerprint density at radius 1 is 1.25 bits per heavy atom. The number of ether oxygens (including phenoxy) is 1. The average molecular weight is 333 g/mol. The summed E-state index contributed by atoms with van der Waals surface area (Å²) in [5.74, 6) is 1.84. The second-order valence-corrected chi connectivity index (χ2v) is 7.77. The molecule has 134 valence electrons. The molecule has 0 unspecified atom stereocenters. The molecule has 24 heavy (non-hydrogen) atoms. The van der Waals surface area contributed by atoms with Crippen LogP contribution in [0.15, 0.2) is 24.3 Å². The van der Waals surface area contributed by atoms with E-state index < -0.39 is 5.41 Å². The standard InChI is InChI=1S/C20H31NO3/c1-15(2)14-24-18-7-5-17(6-8-18)20(3,4)19(23)21-11-9-16(13-22)10-12-21/h5-8,15-16,22H,9-14H2,1-4H3. The third-order valence-electron chi connectivity index (χ3n) is 4.85. The number of piperidine rings is 1. The number of aliphatic hydroxyl groups excluding tert-OH is 1. The summed E-state index contributed by atoms with van der Waals surface area (Å²) in [5, 5.41) is 9.24. The van der Waals surface area contributed by atoms with E-state index in [1.54, 1.807) is 0 Å². The first-order chi connectivity index (χ1) is 11.3. The fourth-order valence-electron chi connectivity index (χ4n) is 3.07. The fraction of sp³-hybridized carbons (Fsp3) is 0.650. The van der Waals surface area contributed by atoms with Crippen LogP contribution in [0.5, 0.6) is 5.75 Å². The Balaban J connectivity index is 2.02. The molecule has 1 fully saturated rings. The molecule has 0 spiro atoms. The highest BCUT2D eigenvalue weighted by Crippen LogP contribution is 2.29. The predicted molar refractivity (Wildman–Crippen MR) is 96.2 cm³/mol. The molecule has 1 aromatic carbocycles. The summed E-state index contributed by atoms with van der Waals surface area (Å²) in [6.45, 7) is 10.6. The van der Waals surface area contributed by atoms with Gasteiger partial charge in [0.05, 0.1) is 12.0 Å². The molecule has 1 amide bonds. The van der Waals surface area contributed by atoms with Crippen LogP contribution in [0.2, 0.25) is 0 Å². The molecular formula is C20H31NO3. The van der Waals surface area contributed by atoms with Crippen molar-refractivity contribution in [2.75, 3.05) is 26.3 Å². The second-order valence-electron chi connectivity index (χ2n) is 7.77. The van der Waals surface area contributed by atoms with Gasteiger partial charge in [0.25, 0.3) is 0 Å². The van der Waals surface area contributed by atoms with Gasteiger partial charge in [0.1, 0.15) is 5.75 Å². The lowest BCUT2D eigenvalue weighted by molar-refractivity contribution is -0.137. The quantitative estimate of drug-likeness (QED) is 0.869. The molecule has 0 bridgehead atoms. The Labute approximate surface area is 145 Å². The average Bonchev–Trinajstić information content (AvgIpc) is 2.59. The number of aliphatic hydroxyl groups is 1. The number of amides is 1. The molecule has 1 aliphatic rings. The zero-order valence-electron chi connectivity index (χ0n) is 15.4. The van der Waals surface area contributed by atoms with Crippen LogP contribution in [0.1, 0.15) is 46.1 Å². The minimum absolute atomic E-state index is 0.162. The van der Waals surface area contributed by atoms with Crippen LogP contribution in [0, 0.1) is 11.8 Å². The maximum atomic E-state index is 12.9. The number of rotatable bonds is 6. The summed E-state index contributed by atoms with van der Waals surface area (Å²) in [7, 11) is 0. The van der Waals surface area contributed by atoms with E-state index in [2.05, 4.69) is 13.8 Å². The number of benzene rings is 1. The van der Waals surface area contributed by atoms with E-state index in [9.17, 15) is 9.90 Å². The maximum Gasteiger partial charge on any atom is 0.232 e. The molecule has 0 aliphatic carbocycles. The van der Waals surface area contributed by atoms with Crippen LogP contribution in [0.3, 0.4) is 0 Å². The van der Waals surface area contributed by atoms with Crippen LogP contribution in [-0.2, 0) is 10.2 Å². The van der Waals surface area contributed by atoms with Crippen molar-refractivity contribution in [2.45, 2.75) is 46.0 Å². The Hall–Kier alpha value is -1.55. The number of nitrogens with zero attached hydrogens (tertiary/aromatic N) is 1. The second kappa shape index (κ2) is 8.02. The van der Waals surface area contributed by atoms with Crippen molar-refractivity contribution < 1.29 is 14.6 Å². The van der Waals surface area contributed by atoms with Crippen molar-refractivity contribution in [2.24, 2.45) is 11.8 Å². The van der Waals surface area contributed by atoms with Gasteiger partial charge in [-0.15, -0.1) is 0 Å². The van der Waals surface area contributed by atoms with Gasteiger partial charge in [-0.2, -0.15) is 0 Å². The van der Waals surface area contributed by atoms with E-state index in [0.717, 1.165) is 37.2 Å². The van der Waals surface area contributed by atoms with Gasteiger partial charge in [-0.25, -0.2) is 0 Å². The molecule has 1 heterocycles. The lowest BCUT2D eigenvalue weighted by Crippen LogP contribution is -2.47. The highest BCUT2D eigenvalue weighted by Gasteiger charge is 2.35. The van der Waals surface area contributed by atoms with Crippen LogP contribution < -0.4 is 4.74 Å². The molecule has 4 nitrogen and oxygen atoms in total. The molecule has 1 aromatic rings. The summed E-state index contributed by atoms with van der Waals surface area (Å²) in [4.78, 5) is 14.9. The van der Waals surface area contributed by atoms with Crippen LogP contribution in [0.4, 0.5) is 0 Å². The van der Waals surface area contributed by atoms with E-state index in [1.807, 2.05) is 43.0 Å². The topological polar surface area (TPSA) is 49.8 Å². The Kier molecular flexibility index (Phi) is 6.27. The molecule has 2 rings (SSSR count). The summed E-state index contributed by atoms with van der Waals surface area (Å²) in [6.07, 6.45) is 1.78. The van der Waals surface area contributed by atoms with Gasteiger partial charge in [0.15, 0.2) is 0 Å². The Morgan fingerprint density at radius 2 is 1.83 bits per heavy atom. The maximum absolute atomic E-state index is 12.9. The van der Waals surface area contributed by atoms with Crippen molar-refractivity contribution in [3.05, 3.63) is 29.8 Å². The molecule has 1 N–H and O–H groups in total. The summed E-state index contributed by atoms with van der Waals surface area (Å²) < 4.78 is 5.72. The molecule has 0 atom stereocenters. The summed E-state index contributed by atoms with van der Waals surface area (Å²) in [5.41, 5.74) is 0.455. The van der Waals surface area contributed by atoms with Gasteiger partial charge < -0.3 is 14.7 Å². The SMILES string of the molecule is CC(C)COc1ccc(C(C)(C)C(=O)N2CCC(CO)CC2)cc1. The first-order valence-electron chi connectivity index (χ1n) is 8.98. The van der Waals surface area contributed by atoms with Crippen molar-refractivity contribution in [1.82, 2.24) is 4.90 Å². The van der Waals surface area contributed by atoms with Crippen LogP contribution >= 0.6 is 0 Å². The van der Waals surface area contributed by atoms with Gasteiger partial charge in [0.2, 0.25) is 5.91 Å². The lowest BCUT2D eigenvalue weighted by atomic mass is 9.82. The number of hydrogen-bond acceptors (Lipinski definition) is 3. The number of carbonyl (C=O) groups is 1. The molecular weight excluding hydrogens is 302 g/mol. The summed E-state index contributed by atoms with van der Waals surface area (Å²) in [6, 6.07) is 7.89. The van der Waals surface area contributed by atoms with Crippen molar-refractivity contribution in [3.63, 3.8) is 0 Å². The van der Waals surface area contributed by atoms with Gasteiger partial charge in [-0.1, -0.05) is 26.0 Å². The van der Waals surface area contributed by atoms with Gasteiger partial charge in [-0.05, 0) is 56.2 Å². The Morgan fingerprint density at radius 3 is 2.33 bits per heavy atom. The van der Waals surface area contributed by atoms with Crippen LogP contribution in [0.25, 0.3) is 0 Å². The summed E-state index contributed by atoms with van der Waals surface area (Å²) >= 11 is 0. The minimum Gasteiger partial charge on any atom is -0.493 e. The van der Waals surface area contributed by atoms with Crippen LogP contribution in [-0.4, -0.2) is 42.2 Å². The monoisotopic (exact) mass is 333 g/mol. The van der Waals surface area contributed by atoms with Gasteiger partial charge >= 0.3 is 0 Å². The molecule has 4 heteroatoms. The van der Waals surface area contributed by atoms with Crippen molar-refractivity contribution in [3.8, 4) is 5.75 Å². The fourth-order valence-corrected chi connectivity index (χ4v) is 3.07. The minimum atomic E-state index is -0.553.